The number of pyridine rings is 1. The van der Waals surface area contributed by atoms with E-state index in [9.17, 15) is 4.79 Å². The van der Waals surface area contributed by atoms with Crippen molar-refractivity contribution in [2.24, 2.45) is 5.92 Å². The van der Waals surface area contributed by atoms with Gasteiger partial charge in [0.2, 0.25) is 0 Å². The third kappa shape index (κ3) is 5.23. The van der Waals surface area contributed by atoms with Gasteiger partial charge in [0.15, 0.2) is 5.82 Å². The molecule has 1 saturated carbocycles. The molecule has 1 aliphatic carbocycles. The van der Waals surface area contributed by atoms with Crippen molar-refractivity contribution >= 4 is 10.9 Å². The molecular weight excluding hydrogens is 428 g/mol. The largest absolute Gasteiger partial charge is 0.383 e. The molecule has 0 spiro atoms. The second-order valence-corrected chi connectivity index (χ2v) is 10.1. The average Bonchev–Trinajstić information content (AvgIpc) is 3.27. The fraction of sp³-hybridized carbons (Fsp3) is 0.615. The van der Waals surface area contributed by atoms with Crippen LogP contribution in [0.5, 0.6) is 0 Å². The monoisotopic (exact) mass is 466 g/mol. The molecule has 8 heteroatoms. The van der Waals surface area contributed by atoms with E-state index in [4.69, 9.17) is 4.74 Å². The molecule has 0 bridgehead atoms. The number of fused-ring (bicyclic) bond motifs is 1. The van der Waals surface area contributed by atoms with E-state index < -0.39 is 0 Å². The molecule has 184 valence electrons. The summed E-state index contributed by atoms with van der Waals surface area (Å²) in [6.07, 6.45) is 5.97. The first-order valence-electron chi connectivity index (χ1n) is 12.5. The van der Waals surface area contributed by atoms with E-state index in [2.05, 4.69) is 71.3 Å². The number of aryl methyl sites for hydroxylation is 2. The lowest BCUT2D eigenvalue weighted by molar-refractivity contribution is 0.0597. The number of hydrogen-bond donors (Lipinski definition) is 1. The van der Waals surface area contributed by atoms with Crippen LogP contribution in [-0.4, -0.2) is 49.8 Å². The molecule has 2 aromatic heterocycles. The Balaban J connectivity index is 1.75. The summed E-state index contributed by atoms with van der Waals surface area (Å²) < 4.78 is 7.14. The van der Waals surface area contributed by atoms with E-state index in [1.165, 1.54) is 30.4 Å². The summed E-state index contributed by atoms with van der Waals surface area (Å²) in [5, 5.41) is 13.8. The van der Waals surface area contributed by atoms with Gasteiger partial charge in [0.05, 0.1) is 19.2 Å². The second kappa shape index (κ2) is 10.8. The Morgan fingerprint density at radius 3 is 2.59 bits per heavy atom. The molecule has 0 saturated heterocycles. The molecule has 0 amide bonds. The van der Waals surface area contributed by atoms with Crippen LogP contribution in [0.4, 0.5) is 0 Å². The predicted molar refractivity (Wildman–Crippen MR) is 134 cm³/mol. The normalized spacial score (nSPS) is 16.1. The van der Waals surface area contributed by atoms with Gasteiger partial charge in [-0.2, -0.15) is 0 Å². The Morgan fingerprint density at radius 2 is 1.88 bits per heavy atom. The number of hydrogen-bond acceptors (Lipinski definition) is 6. The van der Waals surface area contributed by atoms with Crippen LogP contribution >= 0.6 is 0 Å². The minimum absolute atomic E-state index is 0.00445. The zero-order valence-corrected chi connectivity index (χ0v) is 21.2. The average molecular weight is 467 g/mol. The maximum atomic E-state index is 13.2. The highest BCUT2D eigenvalue weighted by atomic mass is 16.5. The van der Waals surface area contributed by atoms with Gasteiger partial charge in [0, 0.05) is 30.8 Å². The molecule has 1 N–H and O–H groups in total. The predicted octanol–water partition coefficient (Wildman–Crippen LogP) is 4.31. The summed E-state index contributed by atoms with van der Waals surface area (Å²) in [4.78, 5) is 18.8. The summed E-state index contributed by atoms with van der Waals surface area (Å²) >= 11 is 0. The third-order valence-corrected chi connectivity index (χ3v) is 7.25. The smallest absolute Gasteiger partial charge is 0.252 e. The highest BCUT2D eigenvalue weighted by Gasteiger charge is 2.34. The van der Waals surface area contributed by atoms with Gasteiger partial charge in [-0.15, -0.1) is 5.10 Å². The van der Waals surface area contributed by atoms with Crippen LogP contribution in [0.2, 0.25) is 0 Å². The van der Waals surface area contributed by atoms with Crippen LogP contribution in [0.15, 0.2) is 23.0 Å². The summed E-state index contributed by atoms with van der Waals surface area (Å²) in [5.74, 6) is 1.12. The quantitative estimate of drug-likeness (QED) is 0.505. The zero-order chi connectivity index (χ0) is 24.2. The maximum absolute atomic E-state index is 13.2. The second-order valence-electron chi connectivity index (χ2n) is 10.1. The highest BCUT2D eigenvalue weighted by Crippen LogP contribution is 2.35. The Morgan fingerprint density at radius 1 is 1.15 bits per heavy atom. The number of nitrogens with zero attached hydrogens (tertiary/aromatic N) is 5. The van der Waals surface area contributed by atoms with Crippen molar-refractivity contribution in [2.75, 3.05) is 13.7 Å². The Hall–Kier alpha value is -2.58. The highest BCUT2D eigenvalue weighted by molar-refractivity contribution is 5.80. The minimum Gasteiger partial charge on any atom is -0.383 e. The molecule has 1 fully saturated rings. The van der Waals surface area contributed by atoms with Crippen molar-refractivity contribution in [3.05, 3.63) is 51.1 Å². The number of tetrazole rings is 1. The number of nitrogens with one attached hydrogen (secondary N) is 1. The fourth-order valence-electron chi connectivity index (χ4n) is 5.29. The van der Waals surface area contributed by atoms with E-state index in [-0.39, 0.29) is 17.5 Å². The van der Waals surface area contributed by atoms with E-state index in [0.29, 0.717) is 25.7 Å². The van der Waals surface area contributed by atoms with Crippen molar-refractivity contribution in [3.8, 4) is 0 Å². The molecule has 0 radical (unpaired) electrons. The van der Waals surface area contributed by atoms with E-state index in [1.807, 2.05) is 4.68 Å². The maximum Gasteiger partial charge on any atom is 0.252 e. The first kappa shape index (κ1) is 24.5. The molecule has 34 heavy (non-hydrogen) atoms. The molecular formula is C26H38N6O2. The summed E-state index contributed by atoms with van der Waals surface area (Å²) in [7, 11) is 1.69. The van der Waals surface area contributed by atoms with Crippen molar-refractivity contribution in [1.82, 2.24) is 30.1 Å². The standard InChI is InChI=1S/C26H38N6O2/c1-17(2)24(25-28-29-30-32(25)11-12-34-5)31(22-9-7-6-8-10-22)16-21-15-20-13-18(3)19(4)14-23(20)27-26(21)33/h13-15,17,22,24H,6-12,16H2,1-5H3,(H,27,33). The van der Waals surface area contributed by atoms with E-state index >= 15 is 0 Å². The van der Waals surface area contributed by atoms with Crippen molar-refractivity contribution in [2.45, 2.75) is 85.0 Å². The van der Waals surface area contributed by atoms with Crippen LogP contribution in [0.25, 0.3) is 10.9 Å². The number of aromatic amines is 1. The lowest BCUT2D eigenvalue weighted by atomic mass is 9.90. The zero-order valence-electron chi connectivity index (χ0n) is 21.2. The van der Waals surface area contributed by atoms with E-state index in [0.717, 1.165) is 35.1 Å². The molecule has 8 nitrogen and oxygen atoms in total. The number of methoxy groups -OCH3 is 1. The summed E-state index contributed by atoms with van der Waals surface area (Å²) in [6, 6.07) is 6.70. The first-order valence-corrected chi connectivity index (χ1v) is 12.5. The number of ether oxygens (including phenoxy) is 1. The Bertz CT molecular complexity index is 1160. The van der Waals surface area contributed by atoms with Gasteiger partial charge in [-0.25, -0.2) is 4.68 Å². The molecule has 1 aliphatic rings. The molecule has 3 aromatic rings. The van der Waals surface area contributed by atoms with Gasteiger partial charge in [-0.1, -0.05) is 33.1 Å². The topological polar surface area (TPSA) is 88.9 Å². The summed E-state index contributed by atoms with van der Waals surface area (Å²) in [6.45, 7) is 10.3. The lowest BCUT2D eigenvalue weighted by Gasteiger charge is -2.41. The van der Waals surface area contributed by atoms with Gasteiger partial charge in [0.1, 0.15) is 0 Å². The summed E-state index contributed by atoms with van der Waals surface area (Å²) in [5.41, 5.74) is 4.08. The number of H-pyrrole nitrogens is 1. The minimum atomic E-state index is -0.0157. The Kier molecular flexibility index (Phi) is 7.78. The van der Waals surface area contributed by atoms with E-state index in [1.54, 1.807) is 7.11 Å². The van der Waals surface area contributed by atoms with Gasteiger partial charge in [0.25, 0.3) is 5.56 Å². The van der Waals surface area contributed by atoms with Crippen molar-refractivity contribution in [3.63, 3.8) is 0 Å². The van der Waals surface area contributed by atoms with Crippen LogP contribution in [0.3, 0.4) is 0 Å². The van der Waals surface area contributed by atoms with Crippen LogP contribution in [-0.2, 0) is 17.8 Å². The molecule has 2 heterocycles. The van der Waals surface area contributed by atoms with Gasteiger partial charge >= 0.3 is 0 Å². The third-order valence-electron chi connectivity index (χ3n) is 7.25. The van der Waals surface area contributed by atoms with Crippen LogP contribution in [0, 0.1) is 19.8 Å². The molecule has 4 rings (SSSR count). The number of rotatable bonds is 9. The van der Waals surface area contributed by atoms with Gasteiger partial charge < -0.3 is 9.72 Å². The molecule has 1 aromatic carbocycles. The lowest BCUT2D eigenvalue weighted by Crippen LogP contribution is -2.43. The molecule has 1 unspecified atom stereocenters. The SMILES string of the molecule is COCCn1nnnc1C(C(C)C)N(Cc1cc2cc(C)c(C)cc2[nH]c1=O)C1CCCCC1. The van der Waals surface area contributed by atoms with Crippen molar-refractivity contribution < 1.29 is 4.74 Å². The van der Waals surface area contributed by atoms with Gasteiger partial charge in [-0.05, 0) is 77.7 Å². The fourth-order valence-corrected chi connectivity index (χ4v) is 5.29. The first-order chi connectivity index (χ1) is 16.4. The molecule has 1 atom stereocenters. The number of benzene rings is 1. The van der Waals surface area contributed by atoms with Crippen molar-refractivity contribution in [1.29, 1.82) is 0 Å². The molecule has 0 aliphatic heterocycles. The van der Waals surface area contributed by atoms with Crippen LogP contribution in [0.1, 0.15) is 74.5 Å². The number of aromatic nitrogens is 5. The van der Waals surface area contributed by atoms with Crippen LogP contribution < -0.4 is 5.56 Å². The Labute approximate surface area is 201 Å². The van der Waals surface area contributed by atoms with Gasteiger partial charge in [-0.3, -0.25) is 9.69 Å².